The van der Waals surface area contributed by atoms with Crippen molar-refractivity contribution >= 4 is 29.4 Å². The zero-order valence-electron chi connectivity index (χ0n) is 13.0. The molecule has 0 aliphatic heterocycles. The fourth-order valence-electron chi connectivity index (χ4n) is 1.72. The van der Waals surface area contributed by atoms with E-state index in [1.807, 2.05) is 0 Å². The molecule has 0 heterocycles. The number of hydrogen-bond donors (Lipinski definition) is 0. The van der Waals surface area contributed by atoms with Crippen LogP contribution in [-0.4, -0.2) is 18.9 Å². The molecule has 0 radical (unpaired) electrons. The second-order valence-electron chi connectivity index (χ2n) is 4.73. The summed E-state index contributed by atoms with van der Waals surface area (Å²) in [6.07, 6.45) is -11.3. The third kappa shape index (κ3) is 6.89. The Kier molecular flexibility index (Phi) is 6.40. The standard InChI is InChI=1S/C15H6Cl2F6O5/c16-9-5-7(27-14(18,19)20)1-3-11(9)25-13(24)26-12-4-2-8(6-10(12)17)28-15(21,22)23/h1-6H. The van der Waals surface area contributed by atoms with Gasteiger partial charge < -0.3 is 18.9 Å². The van der Waals surface area contributed by atoms with E-state index in [-0.39, 0.29) is 11.5 Å². The summed E-state index contributed by atoms with van der Waals surface area (Å²) in [4.78, 5) is 11.7. The van der Waals surface area contributed by atoms with Crippen molar-refractivity contribution in [3.63, 3.8) is 0 Å². The first-order chi connectivity index (χ1) is 12.8. The predicted octanol–water partition coefficient (Wildman–Crippen LogP) is 6.37. The highest BCUT2D eigenvalue weighted by atomic mass is 35.5. The van der Waals surface area contributed by atoms with E-state index >= 15 is 0 Å². The van der Waals surface area contributed by atoms with Crippen molar-refractivity contribution in [1.82, 2.24) is 0 Å². The normalized spacial score (nSPS) is 11.7. The van der Waals surface area contributed by atoms with Gasteiger partial charge in [0.15, 0.2) is 11.5 Å². The van der Waals surface area contributed by atoms with E-state index in [1.54, 1.807) is 0 Å². The largest absolute Gasteiger partial charge is 0.573 e. The van der Waals surface area contributed by atoms with Crippen molar-refractivity contribution in [3.8, 4) is 23.0 Å². The molecular weight excluding hydrogens is 445 g/mol. The third-order valence-corrected chi connectivity index (χ3v) is 3.25. The Bertz CT molecular complexity index is 799. The maximum Gasteiger partial charge on any atom is 0.573 e. The van der Waals surface area contributed by atoms with Crippen LogP contribution >= 0.6 is 23.2 Å². The lowest BCUT2D eigenvalue weighted by Crippen LogP contribution is -2.18. The van der Waals surface area contributed by atoms with Crippen LogP contribution < -0.4 is 18.9 Å². The van der Waals surface area contributed by atoms with Crippen molar-refractivity contribution in [2.45, 2.75) is 12.7 Å². The average Bonchev–Trinajstić information content (AvgIpc) is 2.50. The molecule has 2 rings (SSSR count). The Morgan fingerprint density at radius 2 is 1.07 bits per heavy atom. The molecule has 152 valence electrons. The number of alkyl halides is 6. The first kappa shape index (κ1) is 21.8. The van der Waals surface area contributed by atoms with Crippen LogP contribution in [0.2, 0.25) is 10.0 Å². The zero-order valence-corrected chi connectivity index (χ0v) is 14.5. The summed E-state index contributed by atoms with van der Waals surface area (Å²) in [6, 6.07) is 4.97. The number of rotatable bonds is 4. The van der Waals surface area contributed by atoms with Crippen LogP contribution in [0.3, 0.4) is 0 Å². The van der Waals surface area contributed by atoms with E-state index in [0.29, 0.717) is 0 Å². The Balaban J connectivity index is 2.04. The fourth-order valence-corrected chi connectivity index (χ4v) is 2.14. The lowest BCUT2D eigenvalue weighted by Gasteiger charge is -2.12. The van der Waals surface area contributed by atoms with Crippen molar-refractivity contribution in [3.05, 3.63) is 46.4 Å². The van der Waals surface area contributed by atoms with E-state index in [9.17, 15) is 31.1 Å². The summed E-state index contributed by atoms with van der Waals surface area (Å²) in [5.74, 6) is -2.04. The Labute approximate surface area is 162 Å². The molecule has 2 aromatic carbocycles. The molecule has 0 saturated heterocycles. The van der Waals surface area contributed by atoms with Crippen molar-refractivity contribution < 1.29 is 50.1 Å². The zero-order chi connectivity index (χ0) is 21.1. The van der Waals surface area contributed by atoms with Gasteiger partial charge in [-0.1, -0.05) is 23.2 Å². The number of carbonyl (C=O) groups excluding carboxylic acids is 1. The van der Waals surface area contributed by atoms with Gasteiger partial charge in [0.25, 0.3) is 0 Å². The van der Waals surface area contributed by atoms with E-state index in [4.69, 9.17) is 32.7 Å². The monoisotopic (exact) mass is 450 g/mol. The summed E-state index contributed by atoms with van der Waals surface area (Å²) in [5, 5.41) is -0.808. The molecule has 2 aromatic rings. The van der Waals surface area contributed by atoms with Gasteiger partial charge in [-0.15, -0.1) is 26.3 Å². The quantitative estimate of drug-likeness (QED) is 0.307. The third-order valence-electron chi connectivity index (χ3n) is 2.66. The lowest BCUT2D eigenvalue weighted by molar-refractivity contribution is -0.275. The fraction of sp³-hybridized carbons (Fsp3) is 0.133. The molecule has 0 aromatic heterocycles. The SMILES string of the molecule is O=C(Oc1ccc(OC(F)(F)F)cc1Cl)Oc1ccc(OC(F)(F)F)cc1Cl. The summed E-state index contributed by atoms with van der Waals surface area (Å²) >= 11 is 11.4. The average molecular weight is 451 g/mol. The van der Waals surface area contributed by atoms with Crippen LogP contribution in [0.5, 0.6) is 23.0 Å². The van der Waals surface area contributed by atoms with Crippen LogP contribution in [0.25, 0.3) is 0 Å². The van der Waals surface area contributed by atoms with Gasteiger partial charge in [0.2, 0.25) is 0 Å². The highest BCUT2D eigenvalue weighted by molar-refractivity contribution is 6.32. The molecule has 0 bridgehead atoms. The Hall–Kier alpha value is -2.53. The second-order valence-corrected chi connectivity index (χ2v) is 5.55. The number of halogens is 8. The molecule has 0 aliphatic carbocycles. The molecule has 0 N–H and O–H groups in total. The van der Waals surface area contributed by atoms with Crippen molar-refractivity contribution in [2.75, 3.05) is 0 Å². The van der Waals surface area contributed by atoms with Crippen molar-refractivity contribution in [1.29, 1.82) is 0 Å². The van der Waals surface area contributed by atoms with Crippen LogP contribution in [-0.2, 0) is 0 Å². The van der Waals surface area contributed by atoms with Crippen LogP contribution in [0.15, 0.2) is 36.4 Å². The first-order valence-corrected chi connectivity index (χ1v) is 7.58. The van der Waals surface area contributed by atoms with E-state index in [2.05, 4.69) is 9.47 Å². The van der Waals surface area contributed by atoms with Gasteiger partial charge in [-0.25, -0.2) is 4.79 Å². The molecule has 0 atom stereocenters. The molecular formula is C15H6Cl2F6O5. The van der Waals surface area contributed by atoms with Gasteiger partial charge in [-0.2, -0.15) is 0 Å². The molecule has 0 aliphatic rings. The molecule has 0 amide bonds. The summed E-state index contributed by atoms with van der Waals surface area (Å²) in [5.41, 5.74) is 0. The minimum Gasteiger partial charge on any atom is -0.406 e. The van der Waals surface area contributed by atoms with E-state index in [0.717, 1.165) is 36.4 Å². The van der Waals surface area contributed by atoms with Crippen LogP contribution in [0.4, 0.5) is 31.1 Å². The topological polar surface area (TPSA) is 54.0 Å². The highest BCUT2D eigenvalue weighted by Gasteiger charge is 2.32. The minimum absolute atomic E-state index is 0.366. The van der Waals surface area contributed by atoms with Crippen molar-refractivity contribution in [2.24, 2.45) is 0 Å². The first-order valence-electron chi connectivity index (χ1n) is 6.83. The Morgan fingerprint density at radius 3 is 1.36 bits per heavy atom. The van der Waals surface area contributed by atoms with Gasteiger partial charge in [0.1, 0.15) is 11.5 Å². The highest BCUT2D eigenvalue weighted by Crippen LogP contribution is 2.34. The van der Waals surface area contributed by atoms with Gasteiger partial charge in [-0.05, 0) is 24.3 Å². The van der Waals surface area contributed by atoms with Gasteiger partial charge >= 0.3 is 18.9 Å². The molecule has 0 fully saturated rings. The van der Waals surface area contributed by atoms with Gasteiger partial charge in [0.05, 0.1) is 10.0 Å². The maximum atomic E-state index is 12.1. The molecule has 28 heavy (non-hydrogen) atoms. The maximum absolute atomic E-state index is 12.1. The van der Waals surface area contributed by atoms with Gasteiger partial charge in [-0.3, -0.25) is 0 Å². The summed E-state index contributed by atoms with van der Waals surface area (Å²) in [6.45, 7) is 0. The smallest absolute Gasteiger partial charge is 0.406 e. The summed E-state index contributed by atoms with van der Waals surface area (Å²) in [7, 11) is 0. The molecule has 13 heteroatoms. The lowest BCUT2D eigenvalue weighted by atomic mass is 10.3. The number of benzene rings is 2. The Morgan fingerprint density at radius 1 is 0.714 bits per heavy atom. The van der Waals surface area contributed by atoms with E-state index < -0.39 is 40.4 Å². The molecule has 5 nitrogen and oxygen atoms in total. The second kappa shape index (κ2) is 8.23. The summed E-state index contributed by atoms with van der Waals surface area (Å²) < 4.78 is 89.4. The molecule has 0 spiro atoms. The molecule has 0 saturated carbocycles. The number of carbonyl (C=O) groups is 1. The minimum atomic E-state index is -4.94. The van der Waals surface area contributed by atoms with E-state index in [1.165, 1.54) is 0 Å². The van der Waals surface area contributed by atoms with Crippen LogP contribution in [0.1, 0.15) is 0 Å². The predicted molar refractivity (Wildman–Crippen MR) is 82.9 cm³/mol. The number of hydrogen-bond acceptors (Lipinski definition) is 5. The molecule has 0 unspecified atom stereocenters. The van der Waals surface area contributed by atoms with Gasteiger partial charge in [0, 0.05) is 12.1 Å². The van der Waals surface area contributed by atoms with Crippen LogP contribution in [0, 0.1) is 0 Å². The number of ether oxygens (including phenoxy) is 4.